The van der Waals surface area contributed by atoms with Crippen LogP contribution >= 0.6 is 11.6 Å². The van der Waals surface area contributed by atoms with E-state index in [1.54, 1.807) is 54.6 Å². The standard InChI is InChI=1S/C23H19ClN2O3S/c1-15-8-11-18(12-9-15)25-23(27)22-21(16-6-4-3-5-7-16)19-14-17(24)10-13-20(19)26(2)30(22,28)29/h3-14H,1-2H3,(H,25,27). The van der Waals surface area contributed by atoms with Crippen LogP contribution in [0.4, 0.5) is 11.4 Å². The highest BCUT2D eigenvalue weighted by Crippen LogP contribution is 2.43. The molecule has 1 aliphatic heterocycles. The zero-order valence-corrected chi connectivity index (χ0v) is 18.0. The van der Waals surface area contributed by atoms with Crippen molar-refractivity contribution < 1.29 is 13.2 Å². The van der Waals surface area contributed by atoms with Crippen molar-refractivity contribution >= 4 is 44.5 Å². The number of hydrogen-bond acceptors (Lipinski definition) is 3. The molecule has 0 fully saturated rings. The zero-order chi connectivity index (χ0) is 21.5. The molecule has 30 heavy (non-hydrogen) atoms. The first-order chi connectivity index (χ1) is 14.3. The zero-order valence-electron chi connectivity index (χ0n) is 16.4. The van der Waals surface area contributed by atoms with Crippen LogP contribution in [0.5, 0.6) is 0 Å². The van der Waals surface area contributed by atoms with E-state index in [2.05, 4.69) is 5.32 Å². The normalized spacial score (nSPS) is 15.0. The third-order valence-corrected chi connectivity index (χ3v) is 7.05. The molecule has 0 aliphatic carbocycles. The number of amides is 1. The third kappa shape index (κ3) is 3.49. The van der Waals surface area contributed by atoms with Crippen molar-refractivity contribution in [3.05, 3.63) is 99.4 Å². The molecule has 4 rings (SSSR count). The van der Waals surface area contributed by atoms with Gasteiger partial charge in [-0.2, -0.15) is 0 Å². The largest absolute Gasteiger partial charge is 0.321 e. The Labute approximate surface area is 180 Å². The summed E-state index contributed by atoms with van der Waals surface area (Å²) in [5.74, 6) is -0.699. The lowest BCUT2D eigenvalue weighted by molar-refractivity contribution is -0.112. The number of anilines is 2. The van der Waals surface area contributed by atoms with Gasteiger partial charge in [0.05, 0.1) is 5.69 Å². The smallest absolute Gasteiger partial charge is 0.270 e. The fourth-order valence-electron chi connectivity index (χ4n) is 3.45. The number of fused-ring (bicyclic) bond motifs is 1. The van der Waals surface area contributed by atoms with E-state index in [9.17, 15) is 13.2 Å². The number of hydrogen-bond donors (Lipinski definition) is 1. The Morgan fingerprint density at radius 2 is 1.63 bits per heavy atom. The Morgan fingerprint density at radius 1 is 0.967 bits per heavy atom. The average Bonchev–Trinajstić information content (AvgIpc) is 2.72. The fraction of sp³-hybridized carbons (Fsp3) is 0.0870. The highest BCUT2D eigenvalue weighted by molar-refractivity contribution is 7.97. The van der Waals surface area contributed by atoms with Gasteiger partial charge in [-0.1, -0.05) is 59.6 Å². The number of halogens is 1. The molecule has 0 unspecified atom stereocenters. The second-order valence-electron chi connectivity index (χ2n) is 7.02. The quantitative estimate of drug-likeness (QED) is 0.637. The van der Waals surface area contributed by atoms with E-state index in [-0.39, 0.29) is 4.91 Å². The first-order valence-electron chi connectivity index (χ1n) is 9.25. The highest BCUT2D eigenvalue weighted by Gasteiger charge is 2.39. The Balaban J connectivity index is 1.98. The van der Waals surface area contributed by atoms with Gasteiger partial charge in [0.1, 0.15) is 0 Å². The van der Waals surface area contributed by atoms with Gasteiger partial charge in [-0.25, -0.2) is 8.42 Å². The number of sulfonamides is 1. The Bertz CT molecular complexity index is 1270. The maximum absolute atomic E-state index is 13.4. The summed E-state index contributed by atoms with van der Waals surface area (Å²) < 4.78 is 27.9. The van der Waals surface area contributed by atoms with Crippen LogP contribution in [0.25, 0.3) is 5.57 Å². The minimum Gasteiger partial charge on any atom is -0.321 e. The molecule has 0 saturated carbocycles. The lowest BCUT2D eigenvalue weighted by atomic mass is 9.95. The van der Waals surface area contributed by atoms with Gasteiger partial charge < -0.3 is 5.32 Å². The predicted octanol–water partition coefficient (Wildman–Crippen LogP) is 4.83. The molecule has 0 atom stereocenters. The van der Waals surface area contributed by atoms with E-state index in [1.165, 1.54) is 7.05 Å². The van der Waals surface area contributed by atoms with Crippen LogP contribution in [0.1, 0.15) is 16.7 Å². The maximum Gasteiger partial charge on any atom is 0.270 e. The average molecular weight is 439 g/mol. The summed E-state index contributed by atoms with van der Waals surface area (Å²) in [6.45, 7) is 1.93. The van der Waals surface area contributed by atoms with Gasteiger partial charge in [0.15, 0.2) is 4.91 Å². The fourth-order valence-corrected chi connectivity index (χ4v) is 5.08. The van der Waals surface area contributed by atoms with Crippen molar-refractivity contribution in [2.75, 3.05) is 16.7 Å². The summed E-state index contributed by atoms with van der Waals surface area (Å²) in [6.07, 6.45) is 0. The molecule has 0 saturated heterocycles. The van der Waals surface area contributed by atoms with Gasteiger partial charge in [0.25, 0.3) is 15.9 Å². The van der Waals surface area contributed by atoms with Crippen LogP contribution < -0.4 is 9.62 Å². The van der Waals surface area contributed by atoms with Gasteiger partial charge in [-0.05, 0) is 42.8 Å². The molecule has 0 radical (unpaired) electrons. The summed E-state index contributed by atoms with van der Waals surface area (Å²) in [5, 5.41) is 3.18. The van der Waals surface area contributed by atoms with Crippen molar-refractivity contribution in [3.8, 4) is 0 Å². The Morgan fingerprint density at radius 3 is 2.30 bits per heavy atom. The first kappa shape index (κ1) is 20.2. The van der Waals surface area contributed by atoms with Crippen molar-refractivity contribution in [2.45, 2.75) is 6.92 Å². The van der Waals surface area contributed by atoms with Crippen LogP contribution in [-0.2, 0) is 14.8 Å². The van der Waals surface area contributed by atoms with Crippen LogP contribution in [0, 0.1) is 6.92 Å². The van der Waals surface area contributed by atoms with E-state index in [0.717, 1.165) is 9.87 Å². The van der Waals surface area contributed by atoms with Crippen molar-refractivity contribution in [1.29, 1.82) is 0 Å². The lowest BCUT2D eigenvalue weighted by Gasteiger charge is -2.31. The molecule has 1 aliphatic rings. The van der Waals surface area contributed by atoms with E-state index in [1.807, 2.05) is 25.1 Å². The lowest BCUT2D eigenvalue weighted by Crippen LogP contribution is -2.37. The number of rotatable bonds is 3. The highest BCUT2D eigenvalue weighted by atomic mass is 35.5. The van der Waals surface area contributed by atoms with Gasteiger partial charge in [0, 0.05) is 28.9 Å². The van der Waals surface area contributed by atoms with Crippen LogP contribution in [0.2, 0.25) is 5.02 Å². The molecule has 1 amide bonds. The summed E-state index contributed by atoms with van der Waals surface area (Å²) in [7, 11) is -2.66. The summed E-state index contributed by atoms with van der Waals surface area (Å²) in [4.78, 5) is 13.0. The summed E-state index contributed by atoms with van der Waals surface area (Å²) in [5.41, 5.74) is 3.54. The van der Waals surface area contributed by atoms with E-state index in [0.29, 0.717) is 33.1 Å². The van der Waals surface area contributed by atoms with E-state index >= 15 is 0 Å². The van der Waals surface area contributed by atoms with Gasteiger partial charge in [-0.15, -0.1) is 0 Å². The molecule has 3 aromatic rings. The van der Waals surface area contributed by atoms with Crippen LogP contribution in [0.15, 0.2) is 77.7 Å². The topological polar surface area (TPSA) is 66.5 Å². The minimum absolute atomic E-state index is 0.313. The Kier molecular flexibility index (Phi) is 5.13. The molecule has 1 heterocycles. The Hall–Kier alpha value is -3.09. The predicted molar refractivity (Wildman–Crippen MR) is 121 cm³/mol. The third-order valence-electron chi connectivity index (χ3n) is 4.99. The number of carbonyl (C=O) groups is 1. The number of nitrogens with one attached hydrogen (secondary N) is 1. The molecular formula is C23H19ClN2O3S. The summed E-state index contributed by atoms with van der Waals surface area (Å²) >= 11 is 6.23. The van der Waals surface area contributed by atoms with Crippen molar-refractivity contribution in [2.24, 2.45) is 0 Å². The maximum atomic E-state index is 13.4. The van der Waals surface area contributed by atoms with E-state index in [4.69, 9.17) is 11.6 Å². The van der Waals surface area contributed by atoms with Gasteiger partial charge in [0.2, 0.25) is 0 Å². The second kappa shape index (κ2) is 7.63. The molecule has 152 valence electrons. The number of benzene rings is 3. The number of nitrogens with zero attached hydrogens (tertiary/aromatic N) is 1. The van der Waals surface area contributed by atoms with Gasteiger partial charge >= 0.3 is 0 Å². The van der Waals surface area contributed by atoms with Gasteiger partial charge in [-0.3, -0.25) is 9.10 Å². The molecule has 3 aromatic carbocycles. The van der Waals surface area contributed by atoms with E-state index < -0.39 is 15.9 Å². The monoisotopic (exact) mass is 438 g/mol. The summed E-state index contributed by atoms with van der Waals surface area (Å²) in [6, 6.07) is 21.1. The molecule has 5 nitrogen and oxygen atoms in total. The van der Waals surface area contributed by atoms with Crippen LogP contribution in [0.3, 0.4) is 0 Å². The molecule has 1 N–H and O–H groups in total. The second-order valence-corrected chi connectivity index (χ2v) is 9.37. The molecule has 7 heteroatoms. The van der Waals surface area contributed by atoms with Crippen LogP contribution in [-0.4, -0.2) is 21.4 Å². The molecular weight excluding hydrogens is 420 g/mol. The van der Waals surface area contributed by atoms with Crippen molar-refractivity contribution in [1.82, 2.24) is 0 Å². The first-order valence-corrected chi connectivity index (χ1v) is 11.1. The molecule has 0 spiro atoms. The SMILES string of the molecule is Cc1ccc(NC(=O)C2=C(c3ccccc3)c3cc(Cl)ccc3N(C)S2(=O)=O)cc1. The number of aryl methyl sites for hydroxylation is 1. The van der Waals surface area contributed by atoms with Crippen molar-refractivity contribution in [3.63, 3.8) is 0 Å². The molecule has 0 aromatic heterocycles. The minimum atomic E-state index is -4.10. The number of carbonyl (C=O) groups excluding carboxylic acids is 1. The molecule has 0 bridgehead atoms.